The standard InChI is InChI=1S/C27H18N2/c1-3-11-21-19(9-1)17-20-10-2-4-12-22(20)25(21)18-28-29-26-15-7-5-13-23(26)24-14-6-8-16-27(24)29/h1-18H/b28-18-. The van der Waals surface area contributed by atoms with Crippen LogP contribution in [-0.4, -0.2) is 10.9 Å². The van der Waals surface area contributed by atoms with E-state index in [0.717, 1.165) is 16.6 Å². The highest BCUT2D eigenvalue weighted by molar-refractivity contribution is 6.14. The fraction of sp³-hybridized carbons (Fsp3) is 0. The van der Waals surface area contributed by atoms with Gasteiger partial charge in [-0.3, -0.25) is 0 Å². The first-order valence-electron chi connectivity index (χ1n) is 9.83. The van der Waals surface area contributed by atoms with Gasteiger partial charge in [0.15, 0.2) is 0 Å². The molecule has 29 heavy (non-hydrogen) atoms. The van der Waals surface area contributed by atoms with Crippen LogP contribution in [0.25, 0.3) is 43.4 Å². The van der Waals surface area contributed by atoms with Gasteiger partial charge >= 0.3 is 0 Å². The van der Waals surface area contributed by atoms with E-state index in [9.17, 15) is 0 Å². The Kier molecular flexibility index (Phi) is 3.50. The van der Waals surface area contributed by atoms with E-state index in [4.69, 9.17) is 5.10 Å². The monoisotopic (exact) mass is 370 g/mol. The van der Waals surface area contributed by atoms with Crippen molar-refractivity contribution in [3.63, 3.8) is 0 Å². The Morgan fingerprint density at radius 3 is 1.52 bits per heavy atom. The third-order valence-corrected chi connectivity index (χ3v) is 5.67. The first-order chi connectivity index (χ1) is 14.4. The van der Waals surface area contributed by atoms with Gasteiger partial charge in [-0.15, -0.1) is 0 Å². The van der Waals surface area contributed by atoms with E-state index in [1.807, 2.05) is 6.21 Å². The van der Waals surface area contributed by atoms with Crippen LogP contribution in [0.1, 0.15) is 5.56 Å². The second kappa shape index (κ2) is 6.32. The van der Waals surface area contributed by atoms with E-state index in [2.05, 4.69) is 108 Å². The van der Waals surface area contributed by atoms with Crippen molar-refractivity contribution in [1.29, 1.82) is 0 Å². The molecule has 0 aliphatic rings. The van der Waals surface area contributed by atoms with Gasteiger partial charge in [-0.25, -0.2) is 4.68 Å². The summed E-state index contributed by atoms with van der Waals surface area (Å²) in [5.41, 5.74) is 3.39. The van der Waals surface area contributed by atoms with Crippen molar-refractivity contribution in [2.45, 2.75) is 0 Å². The van der Waals surface area contributed by atoms with Crippen LogP contribution >= 0.6 is 0 Å². The summed E-state index contributed by atoms with van der Waals surface area (Å²) in [5, 5.41) is 12.3. The third-order valence-electron chi connectivity index (χ3n) is 5.67. The zero-order chi connectivity index (χ0) is 19.2. The predicted octanol–water partition coefficient (Wildman–Crippen LogP) is 6.98. The number of benzene rings is 5. The Morgan fingerprint density at radius 2 is 0.966 bits per heavy atom. The number of para-hydroxylation sites is 2. The lowest BCUT2D eigenvalue weighted by molar-refractivity contribution is 0.975. The van der Waals surface area contributed by atoms with E-state index >= 15 is 0 Å². The maximum absolute atomic E-state index is 4.98. The summed E-state index contributed by atoms with van der Waals surface area (Å²) in [6, 6.07) is 36.2. The molecular formula is C27H18N2. The van der Waals surface area contributed by atoms with E-state index in [-0.39, 0.29) is 0 Å². The molecule has 5 aromatic carbocycles. The largest absolute Gasteiger partial charge is 0.232 e. The van der Waals surface area contributed by atoms with Crippen LogP contribution in [0.2, 0.25) is 0 Å². The number of rotatable bonds is 2. The van der Waals surface area contributed by atoms with Crippen LogP contribution in [0.15, 0.2) is 108 Å². The van der Waals surface area contributed by atoms with E-state index in [1.165, 1.54) is 32.3 Å². The summed E-state index contributed by atoms with van der Waals surface area (Å²) >= 11 is 0. The van der Waals surface area contributed by atoms with Gasteiger partial charge in [-0.1, -0.05) is 84.9 Å². The van der Waals surface area contributed by atoms with E-state index < -0.39 is 0 Å². The van der Waals surface area contributed by atoms with E-state index in [0.29, 0.717) is 0 Å². The van der Waals surface area contributed by atoms with Gasteiger partial charge in [-0.2, -0.15) is 5.10 Å². The molecule has 136 valence electrons. The lowest BCUT2D eigenvalue weighted by Crippen LogP contribution is -1.93. The minimum atomic E-state index is 1.12. The van der Waals surface area contributed by atoms with Crippen LogP contribution in [0.4, 0.5) is 0 Å². The average Bonchev–Trinajstić information content (AvgIpc) is 3.10. The summed E-state index contributed by atoms with van der Waals surface area (Å²) in [4.78, 5) is 0. The van der Waals surface area contributed by atoms with Gasteiger partial charge in [0.1, 0.15) is 0 Å². The molecule has 6 aromatic rings. The zero-order valence-electron chi connectivity index (χ0n) is 15.8. The summed E-state index contributed by atoms with van der Waals surface area (Å²) in [5.74, 6) is 0. The first-order valence-corrected chi connectivity index (χ1v) is 9.83. The number of hydrogen-bond acceptors (Lipinski definition) is 1. The Labute approximate surface area is 168 Å². The van der Waals surface area contributed by atoms with Crippen LogP contribution in [0.3, 0.4) is 0 Å². The molecule has 2 heteroatoms. The van der Waals surface area contributed by atoms with Crippen LogP contribution in [-0.2, 0) is 0 Å². The molecule has 0 spiro atoms. The number of hydrogen-bond donors (Lipinski definition) is 0. The molecule has 0 aliphatic heterocycles. The number of nitrogens with zero attached hydrogens (tertiary/aromatic N) is 2. The Bertz CT molecular complexity index is 1450. The quantitative estimate of drug-likeness (QED) is 0.231. The number of fused-ring (bicyclic) bond motifs is 5. The molecule has 0 saturated heterocycles. The van der Waals surface area contributed by atoms with Crippen LogP contribution in [0, 0.1) is 0 Å². The Balaban J connectivity index is 1.66. The Hall–Kier alpha value is -3.91. The minimum absolute atomic E-state index is 1.12. The van der Waals surface area contributed by atoms with Gasteiger partial charge < -0.3 is 0 Å². The van der Waals surface area contributed by atoms with Crippen molar-refractivity contribution in [3.05, 3.63) is 109 Å². The molecule has 0 fully saturated rings. The lowest BCUT2D eigenvalue weighted by Gasteiger charge is -2.08. The third kappa shape index (κ3) is 2.46. The molecular weight excluding hydrogens is 352 g/mol. The highest BCUT2D eigenvalue weighted by Crippen LogP contribution is 2.30. The van der Waals surface area contributed by atoms with Gasteiger partial charge in [-0.05, 0) is 39.7 Å². The molecule has 0 N–H and O–H groups in total. The first kappa shape index (κ1) is 16.1. The van der Waals surface area contributed by atoms with E-state index in [1.54, 1.807) is 0 Å². The topological polar surface area (TPSA) is 17.3 Å². The zero-order valence-corrected chi connectivity index (χ0v) is 15.8. The predicted molar refractivity (Wildman–Crippen MR) is 124 cm³/mol. The smallest absolute Gasteiger partial charge is 0.0732 e. The molecule has 1 aromatic heterocycles. The molecule has 0 saturated carbocycles. The second-order valence-electron chi connectivity index (χ2n) is 7.32. The van der Waals surface area contributed by atoms with Gasteiger partial charge in [0.2, 0.25) is 0 Å². The summed E-state index contributed by atoms with van der Waals surface area (Å²) in [6.45, 7) is 0. The molecule has 0 bridgehead atoms. The molecule has 6 rings (SSSR count). The SMILES string of the molecule is C(=N/n1c2ccccc2c2ccccc21)/c1c2ccccc2cc2ccccc12. The van der Waals surface area contributed by atoms with Crippen LogP contribution < -0.4 is 0 Å². The molecule has 2 nitrogen and oxygen atoms in total. The minimum Gasteiger partial charge on any atom is -0.232 e. The maximum atomic E-state index is 4.98. The fourth-order valence-corrected chi connectivity index (χ4v) is 4.33. The summed E-state index contributed by atoms with van der Waals surface area (Å²) < 4.78 is 2.06. The fourth-order valence-electron chi connectivity index (χ4n) is 4.33. The van der Waals surface area contributed by atoms with Crippen molar-refractivity contribution in [3.8, 4) is 0 Å². The highest BCUT2D eigenvalue weighted by atomic mass is 15.3. The molecule has 0 unspecified atom stereocenters. The van der Waals surface area contributed by atoms with Gasteiger partial charge in [0, 0.05) is 16.3 Å². The van der Waals surface area contributed by atoms with Crippen molar-refractivity contribution >= 4 is 49.6 Å². The summed E-state index contributed by atoms with van der Waals surface area (Å²) in [6.07, 6.45) is 2.02. The van der Waals surface area contributed by atoms with Crippen LogP contribution in [0.5, 0.6) is 0 Å². The van der Waals surface area contributed by atoms with Crippen molar-refractivity contribution < 1.29 is 0 Å². The average molecular weight is 370 g/mol. The molecule has 0 atom stereocenters. The molecule has 0 aliphatic carbocycles. The normalized spacial score (nSPS) is 12.0. The highest BCUT2D eigenvalue weighted by Gasteiger charge is 2.10. The Morgan fingerprint density at radius 1 is 0.517 bits per heavy atom. The van der Waals surface area contributed by atoms with Crippen molar-refractivity contribution in [2.24, 2.45) is 5.10 Å². The van der Waals surface area contributed by atoms with Crippen molar-refractivity contribution in [2.75, 3.05) is 0 Å². The molecule has 0 radical (unpaired) electrons. The van der Waals surface area contributed by atoms with Crippen molar-refractivity contribution in [1.82, 2.24) is 4.68 Å². The van der Waals surface area contributed by atoms with Gasteiger partial charge in [0.05, 0.1) is 17.2 Å². The second-order valence-corrected chi connectivity index (χ2v) is 7.32. The molecule has 0 amide bonds. The molecule has 1 heterocycles. The summed E-state index contributed by atoms with van der Waals surface area (Å²) in [7, 11) is 0. The lowest BCUT2D eigenvalue weighted by atomic mass is 9.97. The maximum Gasteiger partial charge on any atom is 0.0732 e. The van der Waals surface area contributed by atoms with Gasteiger partial charge in [0.25, 0.3) is 0 Å². The number of aromatic nitrogens is 1.